The van der Waals surface area contributed by atoms with Gasteiger partial charge in [-0.2, -0.15) is 0 Å². The van der Waals surface area contributed by atoms with E-state index in [4.69, 9.17) is 10.2 Å². The number of pyridine rings is 1. The molecule has 0 spiro atoms. The van der Waals surface area contributed by atoms with Crippen LogP contribution in [-0.2, 0) is 0 Å². The number of nitrogens with zero attached hydrogens (tertiary/aromatic N) is 1. The van der Waals surface area contributed by atoms with Gasteiger partial charge in [-0.3, -0.25) is 0 Å². The number of hydrogen-bond acceptors (Lipinski definition) is 3. The quantitative estimate of drug-likeness (QED) is 0.752. The van der Waals surface area contributed by atoms with Gasteiger partial charge in [-0.05, 0) is 12.8 Å². The number of furan rings is 1. The van der Waals surface area contributed by atoms with E-state index in [0.717, 1.165) is 22.1 Å². The number of fused-ring (bicyclic) bond motifs is 1. The van der Waals surface area contributed by atoms with E-state index in [1.54, 1.807) is 12.5 Å². The van der Waals surface area contributed by atoms with Crippen molar-refractivity contribution in [3.8, 4) is 0 Å². The molecule has 0 aromatic carbocycles. The minimum Gasteiger partial charge on any atom is -0.464 e. The topological polar surface area (TPSA) is 52.0 Å². The first kappa shape index (κ1) is 9.06. The third-order valence-electron chi connectivity index (χ3n) is 2.45. The van der Waals surface area contributed by atoms with Crippen molar-refractivity contribution in [3.05, 3.63) is 23.6 Å². The van der Waals surface area contributed by atoms with Crippen LogP contribution < -0.4 is 5.73 Å². The number of hydrogen-bond donors (Lipinski definition) is 1. The van der Waals surface area contributed by atoms with Crippen molar-refractivity contribution in [3.63, 3.8) is 0 Å². The van der Waals surface area contributed by atoms with Crippen LogP contribution in [0.2, 0.25) is 0 Å². The molecule has 3 nitrogen and oxygen atoms in total. The average molecular weight is 190 g/mol. The Morgan fingerprint density at radius 3 is 2.79 bits per heavy atom. The number of rotatable bonds is 1. The normalized spacial score (nSPS) is 11.4. The van der Waals surface area contributed by atoms with Gasteiger partial charge in [0.25, 0.3) is 0 Å². The van der Waals surface area contributed by atoms with Crippen LogP contribution in [0, 0.1) is 6.92 Å². The van der Waals surface area contributed by atoms with Gasteiger partial charge in [0.2, 0.25) is 0 Å². The summed E-state index contributed by atoms with van der Waals surface area (Å²) in [6, 6.07) is 0. The van der Waals surface area contributed by atoms with Gasteiger partial charge in [-0.25, -0.2) is 4.98 Å². The molecule has 0 aliphatic heterocycles. The second kappa shape index (κ2) is 3.01. The molecule has 0 saturated carbocycles. The van der Waals surface area contributed by atoms with Gasteiger partial charge < -0.3 is 10.2 Å². The zero-order valence-electron chi connectivity index (χ0n) is 8.66. The summed E-state index contributed by atoms with van der Waals surface area (Å²) >= 11 is 0. The van der Waals surface area contributed by atoms with Crippen LogP contribution in [0.5, 0.6) is 0 Å². The molecule has 14 heavy (non-hydrogen) atoms. The molecule has 74 valence electrons. The fraction of sp³-hybridized carbons (Fsp3) is 0.364. The van der Waals surface area contributed by atoms with Gasteiger partial charge >= 0.3 is 0 Å². The van der Waals surface area contributed by atoms with E-state index in [9.17, 15) is 0 Å². The summed E-state index contributed by atoms with van der Waals surface area (Å²) in [7, 11) is 0. The van der Waals surface area contributed by atoms with Crippen LogP contribution in [0.15, 0.2) is 16.9 Å². The van der Waals surface area contributed by atoms with Gasteiger partial charge in [-0.1, -0.05) is 13.8 Å². The molecule has 3 heteroatoms. The summed E-state index contributed by atoms with van der Waals surface area (Å²) < 4.78 is 5.50. The van der Waals surface area contributed by atoms with Gasteiger partial charge in [-0.15, -0.1) is 0 Å². The predicted octanol–water partition coefficient (Wildman–Crippen LogP) is 2.84. The molecule has 2 N–H and O–H groups in total. The van der Waals surface area contributed by atoms with Crippen molar-refractivity contribution < 1.29 is 4.42 Å². The maximum absolute atomic E-state index is 5.84. The highest BCUT2D eigenvalue weighted by Gasteiger charge is 2.14. The second-order valence-electron chi connectivity index (χ2n) is 3.88. The molecule has 2 rings (SSSR count). The smallest absolute Gasteiger partial charge is 0.142 e. The molecule has 0 aliphatic carbocycles. The minimum absolute atomic E-state index is 0.405. The molecule has 2 aromatic heterocycles. The Hall–Kier alpha value is -1.51. The van der Waals surface area contributed by atoms with Crippen molar-refractivity contribution >= 4 is 16.8 Å². The fourth-order valence-electron chi connectivity index (χ4n) is 1.64. The van der Waals surface area contributed by atoms with Crippen molar-refractivity contribution in [1.82, 2.24) is 4.98 Å². The van der Waals surface area contributed by atoms with Crippen LogP contribution in [-0.4, -0.2) is 4.98 Å². The number of nitrogen functional groups attached to an aromatic ring is 1. The molecule has 0 fully saturated rings. The monoisotopic (exact) mass is 190 g/mol. The van der Waals surface area contributed by atoms with Crippen LogP contribution in [0.25, 0.3) is 11.0 Å². The maximum atomic E-state index is 5.84. The first-order valence-corrected chi connectivity index (χ1v) is 4.73. The predicted molar refractivity (Wildman–Crippen MR) is 57.2 cm³/mol. The van der Waals surface area contributed by atoms with E-state index in [2.05, 4.69) is 18.8 Å². The summed E-state index contributed by atoms with van der Waals surface area (Å²) in [5.74, 6) is 0.963. The Kier molecular flexibility index (Phi) is 1.95. The van der Waals surface area contributed by atoms with E-state index >= 15 is 0 Å². The Morgan fingerprint density at radius 1 is 1.43 bits per heavy atom. The molecule has 0 atom stereocenters. The molecule has 0 radical (unpaired) electrons. The largest absolute Gasteiger partial charge is 0.464 e. The van der Waals surface area contributed by atoms with Crippen LogP contribution in [0.3, 0.4) is 0 Å². The summed E-state index contributed by atoms with van der Waals surface area (Å²) in [4.78, 5) is 4.14. The summed E-state index contributed by atoms with van der Waals surface area (Å²) in [5, 5.41) is 0.972. The van der Waals surface area contributed by atoms with Crippen molar-refractivity contribution in [2.24, 2.45) is 0 Å². The Morgan fingerprint density at radius 2 is 2.14 bits per heavy atom. The minimum atomic E-state index is 0.405. The van der Waals surface area contributed by atoms with E-state index < -0.39 is 0 Å². The third kappa shape index (κ3) is 1.16. The molecule has 2 aromatic rings. The lowest BCUT2D eigenvalue weighted by atomic mass is 10.0. The maximum Gasteiger partial charge on any atom is 0.142 e. The zero-order chi connectivity index (χ0) is 10.3. The number of anilines is 1. The van der Waals surface area contributed by atoms with Crippen LogP contribution in [0.4, 0.5) is 5.82 Å². The van der Waals surface area contributed by atoms with Crippen LogP contribution in [0.1, 0.15) is 30.9 Å². The summed E-state index contributed by atoms with van der Waals surface area (Å²) in [6.45, 7) is 6.21. The molecule has 0 amide bonds. The standard InChI is InChI=1S/C11H14N2O/c1-6(2)8-5-14-10-7(3)4-13-11(12)9(8)10/h4-6H,1-3H3,(H2,12,13). The number of nitrogens with two attached hydrogens (primary N) is 1. The highest BCUT2D eigenvalue weighted by atomic mass is 16.3. The van der Waals surface area contributed by atoms with E-state index in [0.29, 0.717) is 11.7 Å². The first-order valence-electron chi connectivity index (χ1n) is 4.73. The van der Waals surface area contributed by atoms with E-state index in [-0.39, 0.29) is 0 Å². The van der Waals surface area contributed by atoms with Crippen molar-refractivity contribution in [2.45, 2.75) is 26.7 Å². The first-order chi connectivity index (χ1) is 6.61. The Balaban J connectivity index is 2.84. The Labute approximate surface area is 82.9 Å². The highest BCUT2D eigenvalue weighted by Crippen LogP contribution is 2.32. The number of aryl methyl sites for hydroxylation is 1. The van der Waals surface area contributed by atoms with Crippen LogP contribution >= 0.6 is 0 Å². The average Bonchev–Trinajstić information content (AvgIpc) is 2.56. The van der Waals surface area contributed by atoms with Crippen molar-refractivity contribution in [1.29, 1.82) is 0 Å². The molecule has 0 bridgehead atoms. The number of aromatic nitrogens is 1. The van der Waals surface area contributed by atoms with Gasteiger partial charge in [0, 0.05) is 17.3 Å². The second-order valence-corrected chi connectivity index (χ2v) is 3.88. The highest BCUT2D eigenvalue weighted by molar-refractivity contribution is 5.92. The fourth-order valence-corrected chi connectivity index (χ4v) is 1.64. The SMILES string of the molecule is Cc1cnc(N)c2c(C(C)C)coc12. The molecule has 0 unspecified atom stereocenters. The lowest BCUT2D eigenvalue weighted by Gasteiger charge is -2.03. The van der Waals surface area contributed by atoms with Gasteiger partial charge in [0.1, 0.15) is 11.4 Å². The molecule has 0 aliphatic rings. The molecular weight excluding hydrogens is 176 g/mol. The van der Waals surface area contributed by atoms with Gasteiger partial charge in [0.15, 0.2) is 0 Å². The van der Waals surface area contributed by atoms with Gasteiger partial charge in [0.05, 0.1) is 11.6 Å². The zero-order valence-corrected chi connectivity index (χ0v) is 8.66. The van der Waals surface area contributed by atoms with Crippen molar-refractivity contribution in [2.75, 3.05) is 5.73 Å². The molecule has 0 saturated heterocycles. The Bertz CT molecular complexity index is 471. The molecular formula is C11H14N2O. The summed E-state index contributed by atoms with van der Waals surface area (Å²) in [5.41, 5.74) is 8.86. The van der Waals surface area contributed by atoms with E-state index in [1.165, 1.54) is 0 Å². The lowest BCUT2D eigenvalue weighted by molar-refractivity contribution is 0.604. The van der Waals surface area contributed by atoms with E-state index in [1.807, 2.05) is 6.92 Å². The third-order valence-corrected chi connectivity index (χ3v) is 2.45. The molecule has 2 heterocycles. The summed E-state index contributed by atoms with van der Waals surface area (Å²) in [6.07, 6.45) is 3.52. The lowest BCUT2D eigenvalue weighted by Crippen LogP contribution is -1.94.